The van der Waals surface area contributed by atoms with Crippen molar-refractivity contribution >= 4 is 33.8 Å². The van der Waals surface area contributed by atoms with Gasteiger partial charge in [0.15, 0.2) is 0 Å². The van der Waals surface area contributed by atoms with Crippen molar-refractivity contribution < 1.29 is 8.42 Å². The molecule has 0 fully saturated rings. The van der Waals surface area contributed by atoms with Gasteiger partial charge >= 0.3 is 0 Å². The molecular formula is C8H15ClN2O2S2. The molecule has 0 radical (unpaired) electrons. The van der Waals surface area contributed by atoms with Crippen molar-refractivity contribution in [1.82, 2.24) is 4.72 Å². The first-order valence-electron chi connectivity index (χ1n) is 4.24. The van der Waals surface area contributed by atoms with Crippen molar-refractivity contribution in [3.8, 4) is 0 Å². The van der Waals surface area contributed by atoms with Crippen LogP contribution in [0.4, 0.5) is 0 Å². The summed E-state index contributed by atoms with van der Waals surface area (Å²) >= 11 is 1.28. The predicted molar refractivity (Wildman–Crippen MR) is 65.3 cm³/mol. The standard InChI is InChI=1S/C8H14N2O2S2.ClH/c1-6-5-8(13-7(6)2)14(11,12)10-4-3-9;/h5,10H,3-4,9H2,1-2H3;1H. The molecule has 0 saturated heterocycles. The molecule has 0 aliphatic carbocycles. The maximum atomic E-state index is 11.6. The van der Waals surface area contributed by atoms with Gasteiger partial charge in [-0.05, 0) is 25.5 Å². The second-order valence-electron chi connectivity index (χ2n) is 2.99. The van der Waals surface area contributed by atoms with Gasteiger partial charge in [-0.25, -0.2) is 13.1 Å². The van der Waals surface area contributed by atoms with Crippen molar-refractivity contribution in [3.63, 3.8) is 0 Å². The molecule has 1 rings (SSSR count). The number of nitrogens with one attached hydrogen (secondary N) is 1. The van der Waals surface area contributed by atoms with E-state index in [1.54, 1.807) is 6.07 Å². The van der Waals surface area contributed by atoms with Gasteiger partial charge in [-0.2, -0.15) is 0 Å². The van der Waals surface area contributed by atoms with Gasteiger partial charge in [-0.1, -0.05) is 0 Å². The van der Waals surface area contributed by atoms with Gasteiger partial charge in [0.1, 0.15) is 4.21 Å². The molecule has 7 heteroatoms. The van der Waals surface area contributed by atoms with Crippen LogP contribution in [-0.4, -0.2) is 21.5 Å². The summed E-state index contributed by atoms with van der Waals surface area (Å²) in [7, 11) is -3.34. The highest BCUT2D eigenvalue weighted by Crippen LogP contribution is 2.24. The third-order valence-corrected chi connectivity index (χ3v) is 4.93. The average molecular weight is 271 g/mol. The van der Waals surface area contributed by atoms with Crippen LogP contribution in [0.5, 0.6) is 0 Å². The van der Waals surface area contributed by atoms with Crippen LogP contribution in [0.25, 0.3) is 0 Å². The van der Waals surface area contributed by atoms with Gasteiger partial charge in [-0.15, -0.1) is 23.7 Å². The monoisotopic (exact) mass is 270 g/mol. The quantitative estimate of drug-likeness (QED) is 0.858. The van der Waals surface area contributed by atoms with Gasteiger partial charge in [0.05, 0.1) is 0 Å². The van der Waals surface area contributed by atoms with Crippen LogP contribution in [0.3, 0.4) is 0 Å². The molecule has 0 atom stereocenters. The number of thiophene rings is 1. The Hall–Kier alpha value is -0.140. The Labute approximate surface area is 100 Å². The van der Waals surface area contributed by atoms with Crippen molar-refractivity contribution in [1.29, 1.82) is 0 Å². The van der Waals surface area contributed by atoms with Crippen molar-refractivity contribution in [2.75, 3.05) is 13.1 Å². The molecular weight excluding hydrogens is 256 g/mol. The zero-order valence-corrected chi connectivity index (χ0v) is 11.1. The Morgan fingerprint density at radius 1 is 1.47 bits per heavy atom. The third-order valence-electron chi connectivity index (χ3n) is 1.84. The van der Waals surface area contributed by atoms with E-state index >= 15 is 0 Å². The number of hydrogen-bond donors (Lipinski definition) is 2. The summed E-state index contributed by atoms with van der Waals surface area (Å²) in [6.07, 6.45) is 0. The molecule has 0 aromatic carbocycles. The molecule has 1 heterocycles. The maximum absolute atomic E-state index is 11.6. The van der Waals surface area contributed by atoms with Crippen LogP contribution in [0.2, 0.25) is 0 Å². The summed E-state index contributed by atoms with van der Waals surface area (Å²) in [6.45, 7) is 4.39. The molecule has 0 saturated carbocycles. The second kappa shape index (κ2) is 5.81. The molecule has 1 aromatic heterocycles. The van der Waals surface area contributed by atoms with E-state index in [9.17, 15) is 8.42 Å². The van der Waals surface area contributed by atoms with E-state index < -0.39 is 10.0 Å². The predicted octanol–water partition coefficient (Wildman–Crippen LogP) is 1.02. The van der Waals surface area contributed by atoms with E-state index in [0.29, 0.717) is 10.8 Å². The molecule has 0 aliphatic rings. The summed E-state index contributed by atoms with van der Waals surface area (Å²) in [5, 5.41) is 0. The van der Waals surface area contributed by atoms with Gasteiger partial charge < -0.3 is 5.73 Å². The summed E-state index contributed by atoms with van der Waals surface area (Å²) in [6, 6.07) is 1.68. The van der Waals surface area contributed by atoms with Crippen LogP contribution < -0.4 is 10.5 Å². The molecule has 15 heavy (non-hydrogen) atoms. The van der Waals surface area contributed by atoms with Crippen molar-refractivity contribution in [3.05, 3.63) is 16.5 Å². The number of nitrogens with two attached hydrogens (primary N) is 1. The Bertz CT molecular complexity index is 395. The minimum Gasteiger partial charge on any atom is -0.329 e. The Morgan fingerprint density at radius 2 is 2.07 bits per heavy atom. The Balaban J connectivity index is 0.00000196. The van der Waals surface area contributed by atoms with Gasteiger partial charge in [0.2, 0.25) is 10.0 Å². The molecule has 88 valence electrons. The lowest BCUT2D eigenvalue weighted by molar-refractivity contribution is 0.584. The number of hydrogen-bond acceptors (Lipinski definition) is 4. The van der Waals surface area contributed by atoms with E-state index in [0.717, 1.165) is 10.4 Å². The lowest BCUT2D eigenvalue weighted by Gasteiger charge is -2.01. The Morgan fingerprint density at radius 3 is 2.47 bits per heavy atom. The summed E-state index contributed by atoms with van der Waals surface area (Å²) in [4.78, 5) is 1.03. The van der Waals surface area contributed by atoms with Gasteiger partial charge in [-0.3, -0.25) is 0 Å². The summed E-state index contributed by atoms with van der Waals surface area (Å²) < 4.78 is 26.0. The van der Waals surface area contributed by atoms with Crippen LogP contribution in [0.1, 0.15) is 10.4 Å². The van der Waals surface area contributed by atoms with E-state index in [4.69, 9.17) is 5.73 Å². The fraction of sp³-hybridized carbons (Fsp3) is 0.500. The highest BCUT2D eigenvalue weighted by molar-refractivity contribution is 7.91. The third kappa shape index (κ3) is 3.73. The molecule has 0 aliphatic heterocycles. The first kappa shape index (κ1) is 14.9. The smallest absolute Gasteiger partial charge is 0.250 e. The lowest BCUT2D eigenvalue weighted by Crippen LogP contribution is -2.28. The summed E-state index contributed by atoms with van der Waals surface area (Å²) in [5.74, 6) is 0. The fourth-order valence-electron chi connectivity index (χ4n) is 0.936. The van der Waals surface area contributed by atoms with E-state index in [1.807, 2.05) is 13.8 Å². The van der Waals surface area contributed by atoms with Gasteiger partial charge in [0, 0.05) is 18.0 Å². The van der Waals surface area contributed by atoms with E-state index in [1.165, 1.54) is 11.3 Å². The number of aryl methyl sites for hydroxylation is 2. The number of halogens is 1. The van der Waals surface area contributed by atoms with Crippen molar-refractivity contribution in [2.24, 2.45) is 5.73 Å². The number of sulfonamides is 1. The van der Waals surface area contributed by atoms with Crippen LogP contribution in [0.15, 0.2) is 10.3 Å². The maximum Gasteiger partial charge on any atom is 0.250 e. The van der Waals surface area contributed by atoms with Crippen molar-refractivity contribution in [2.45, 2.75) is 18.1 Å². The highest BCUT2D eigenvalue weighted by atomic mass is 35.5. The molecule has 4 nitrogen and oxygen atoms in total. The van der Waals surface area contributed by atoms with Crippen LogP contribution in [0, 0.1) is 13.8 Å². The topological polar surface area (TPSA) is 72.2 Å². The minimum absolute atomic E-state index is 0. The average Bonchev–Trinajstić information content (AvgIpc) is 2.45. The highest BCUT2D eigenvalue weighted by Gasteiger charge is 2.16. The molecule has 0 spiro atoms. The van der Waals surface area contributed by atoms with Crippen LogP contribution in [-0.2, 0) is 10.0 Å². The second-order valence-corrected chi connectivity index (χ2v) is 6.24. The first-order chi connectivity index (χ1) is 6.47. The van der Waals surface area contributed by atoms with E-state index in [-0.39, 0.29) is 19.0 Å². The molecule has 0 unspecified atom stereocenters. The fourth-order valence-corrected chi connectivity index (χ4v) is 3.54. The Kier molecular flexibility index (Phi) is 5.76. The SMILES string of the molecule is Cc1cc(S(=O)(=O)NCCN)sc1C.Cl. The molecule has 0 amide bonds. The minimum atomic E-state index is -3.34. The molecule has 0 bridgehead atoms. The van der Waals surface area contributed by atoms with Crippen LogP contribution >= 0.6 is 23.7 Å². The lowest BCUT2D eigenvalue weighted by atomic mass is 10.3. The first-order valence-corrected chi connectivity index (χ1v) is 6.54. The zero-order valence-electron chi connectivity index (χ0n) is 8.61. The number of rotatable bonds is 4. The summed E-state index contributed by atoms with van der Waals surface area (Å²) in [5.41, 5.74) is 6.23. The molecule has 3 N–H and O–H groups in total. The van der Waals surface area contributed by atoms with E-state index in [2.05, 4.69) is 4.72 Å². The largest absolute Gasteiger partial charge is 0.329 e. The zero-order chi connectivity index (χ0) is 10.8. The van der Waals surface area contributed by atoms with Gasteiger partial charge in [0.25, 0.3) is 0 Å². The molecule has 1 aromatic rings. The normalized spacial score (nSPS) is 11.1.